The van der Waals surface area contributed by atoms with Gasteiger partial charge in [-0.25, -0.2) is 0 Å². The fourth-order valence-corrected chi connectivity index (χ4v) is 4.06. The topological polar surface area (TPSA) is 41.1 Å². The van der Waals surface area contributed by atoms with Crippen LogP contribution in [0.15, 0.2) is 25.6 Å². The molecule has 1 fully saturated rings. The first kappa shape index (κ1) is 13.5. The van der Waals surface area contributed by atoms with Crippen LogP contribution in [0.3, 0.4) is 0 Å². The van der Waals surface area contributed by atoms with E-state index >= 15 is 0 Å². The van der Waals surface area contributed by atoms with E-state index in [1.54, 1.807) is 0 Å². The van der Waals surface area contributed by atoms with E-state index in [-0.39, 0.29) is 5.91 Å². The van der Waals surface area contributed by atoms with Gasteiger partial charge in [0.25, 0.3) is 0 Å². The second kappa shape index (κ2) is 5.82. The Kier molecular flexibility index (Phi) is 4.63. The quantitative estimate of drug-likeness (QED) is 0.776. The summed E-state index contributed by atoms with van der Waals surface area (Å²) in [6, 6.07) is 3.82. The van der Waals surface area contributed by atoms with Gasteiger partial charge in [0.05, 0.1) is 5.69 Å². The van der Waals surface area contributed by atoms with E-state index in [1.807, 2.05) is 12.1 Å². The van der Waals surface area contributed by atoms with E-state index in [2.05, 4.69) is 58.4 Å². The first-order valence-electron chi connectivity index (χ1n) is 5.21. The third-order valence-corrected chi connectivity index (χ3v) is 4.32. The van der Waals surface area contributed by atoms with Gasteiger partial charge >= 0.3 is 0 Å². The Labute approximate surface area is 125 Å². The zero-order valence-electron chi connectivity index (χ0n) is 8.90. The van der Waals surface area contributed by atoms with E-state index < -0.39 is 0 Å². The SMILES string of the molecule is O=C(CC1CNC1)Nc1c(Br)cc(Br)cc1Br. The zero-order valence-corrected chi connectivity index (χ0v) is 13.7. The molecule has 1 aromatic rings. The third-order valence-electron chi connectivity index (χ3n) is 2.61. The Morgan fingerprint density at radius 1 is 1.29 bits per heavy atom. The van der Waals surface area contributed by atoms with Gasteiger partial charge in [0, 0.05) is 19.8 Å². The number of carbonyl (C=O) groups is 1. The van der Waals surface area contributed by atoms with E-state index in [1.165, 1.54) is 0 Å². The van der Waals surface area contributed by atoms with Crippen LogP contribution in [-0.4, -0.2) is 19.0 Å². The molecule has 0 spiro atoms. The number of hydrogen-bond acceptors (Lipinski definition) is 2. The van der Waals surface area contributed by atoms with Crippen LogP contribution in [0.2, 0.25) is 0 Å². The van der Waals surface area contributed by atoms with Crippen molar-refractivity contribution in [3.63, 3.8) is 0 Å². The van der Waals surface area contributed by atoms with Crippen molar-refractivity contribution in [2.45, 2.75) is 6.42 Å². The molecule has 0 radical (unpaired) electrons. The molecule has 1 aliphatic heterocycles. The minimum Gasteiger partial charge on any atom is -0.324 e. The van der Waals surface area contributed by atoms with Crippen LogP contribution >= 0.6 is 47.8 Å². The summed E-state index contributed by atoms with van der Waals surface area (Å²) in [5.41, 5.74) is 0.783. The lowest BCUT2D eigenvalue weighted by molar-refractivity contribution is -0.117. The van der Waals surface area contributed by atoms with E-state index in [0.29, 0.717) is 12.3 Å². The van der Waals surface area contributed by atoms with Crippen molar-refractivity contribution in [1.29, 1.82) is 0 Å². The molecule has 0 aliphatic carbocycles. The number of anilines is 1. The summed E-state index contributed by atoms with van der Waals surface area (Å²) >= 11 is 10.3. The largest absolute Gasteiger partial charge is 0.324 e. The molecule has 0 unspecified atom stereocenters. The lowest BCUT2D eigenvalue weighted by Crippen LogP contribution is -2.43. The Balaban J connectivity index is 2.04. The van der Waals surface area contributed by atoms with Gasteiger partial charge in [0.15, 0.2) is 0 Å². The van der Waals surface area contributed by atoms with Gasteiger partial charge in [0.1, 0.15) is 0 Å². The standard InChI is InChI=1S/C11H11Br3N2O/c12-7-2-8(13)11(9(14)3-7)16-10(17)1-6-4-15-5-6/h2-3,6,15H,1,4-5H2,(H,16,17). The molecule has 1 saturated heterocycles. The van der Waals surface area contributed by atoms with Crippen LogP contribution in [0.5, 0.6) is 0 Å². The van der Waals surface area contributed by atoms with Gasteiger partial charge in [-0.1, -0.05) is 15.9 Å². The number of benzene rings is 1. The van der Waals surface area contributed by atoms with Crippen molar-refractivity contribution in [3.05, 3.63) is 25.6 Å². The average Bonchev–Trinajstić information content (AvgIpc) is 2.17. The minimum atomic E-state index is 0.0558. The molecule has 1 aliphatic rings. The molecule has 2 N–H and O–H groups in total. The van der Waals surface area contributed by atoms with Crippen molar-refractivity contribution in [2.24, 2.45) is 5.92 Å². The molecule has 1 heterocycles. The van der Waals surface area contributed by atoms with Crippen LogP contribution in [0.4, 0.5) is 5.69 Å². The van der Waals surface area contributed by atoms with E-state index in [9.17, 15) is 4.79 Å². The molecule has 17 heavy (non-hydrogen) atoms. The van der Waals surface area contributed by atoms with Crippen LogP contribution in [0, 0.1) is 5.92 Å². The summed E-state index contributed by atoms with van der Waals surface area (Å²) in [7, 11) is 0. The van der Waals surface area contributed by atoms with Crippen molar-refractivity contribution >= 4 is 59.4 Å². The fraction of sp³-hybridized carbons (Fsp3) is 0.364. The van der Waals surface area contributed by atoms with Crippen LogP contribution in [0.1, 0.15) is 6.42 Å². The summed E-state index contributed by atoms with van der Waals surface area (Å²) in [5.74, 6) is 0.531. The lowest BCUT2D eigenvalue weighted by atomic mass is 9.99. The first-order valence-corrected chi connectivity index (χ1v) is 7.59. The summed E-state index contributed by atoms with van der Waals surface area (Å²) in [6.45, 7) is 1.88. The first-order chi connectivity index (χ1) is 8.06. The molecule has 1 amide bonds. The van der Waals surface area contributed by atoms with Crippen molar-refractivity contribution in [1.82, 2.24) is 5.32 Å². The third kappa shape index (κ3) is 3.53. The van der Waals surface area contributed by atoms with Gasteiger partial charge in [-0.15, -0.1) is 0 Å². The molecule has 92 valence electrons. The summed E-state index contributed by atoms with van der Waals surface area (Å²) in [6.07, 6.45) is 0.571. The lowest BCUT2D eigenvalue weighted by Gasteiger charge is -2.26. The Bertz CT molecular complexity index is 423. The molecule has 0 atom stereocenters. The number of halogens is 3. The summed E-state index contributed by atoms with van der Waals surface area (Å²) in [5, 5.41) is 6.08. The molecule has 0 aromatic heterocycles. The predicted octanol–water partition coefficient (Wildman–Crippen LogP) is 3.52. The number of carbonyl (C=O) groups excluding carboxylic acids is 1. The van der Waals surface area contributed by atoms with Gasteiger partial charge in [-0.2, -0.15) is 0 Å². The highest BCUT2D eigenvalue weighted by atomic mass is 79.9. The highest BCUT2D eigenvalue weighted by Gasteiger charge is 2.21. The van der Waals surface area contributed by atoms with Crippen molar-refractivity contribution < 1.29 is 4.79 Å². The number of rotatable bonds is 3. The monoisotopic (exact) mass is 424 g/mol. The second-order valence-corrected chi connectivity index (χ2v) is 6.65. The van der Waals surface area contributed by atoms with Crippen LogP contribution < -0.4 is 10.6 Å². The minimum absolute atomic E-state index is 0.0558. The molecule has 0 bridgehead atoms. The normalized spacial score (nSPS) is 15.5. The molecule has 0 saturated carbocycles. The van der Waals surface area contributed by atoms with Crippen molar-refractivity contribution in [2.75, 3.05) is 18.4 Å². The molecular weight excluding hydrogens is 416 g/mol. The van der Waals surface area contributed by atoms with Gasteiger partial charge in [-0.3, -0.25) is 4.79 Å². The Hall–Kier alpha value is 0.0900. The van der Waals surface area contributed by atoms with Gasteiger partial charge in [-0.05, 0) is 63.0 Å². The van der Waals surface area contributed by atoms with Gasteiger partial charge in [0.2, 0.25) is 5.91 Å². The van der Waals surface area contributed by atoms with E-state index in [4.69, 9.17) is 0 Å². The smallest absolute Gasteiger partial charge is 0.224 e. The predicted molar refractivity (Wildman–Crippen MR) is 79.1 cm³/mol. The van der Waals surface area contributed by atoms with E-state index in [0.717, 1.165) is 32.2 Å². The number of nitrogens with one attached hydrogen (secondary N) is 2. The summed E-state index contributed by atoms with van der Waals surface area (Å²) < 4.78 is 2.68. The van der Waals surface area contributed by atoms with Crippen LogP contribution in [0.25, 0.3) is 0 Å². The van der Waals surface area contributed by atoms with Crippen LogP contribution in [-0.2, 0) is 4.79 Å². The summed E-state index contributed by atoms with van der Waals surface area (Å²) in [4.78, 5) is 11.8. The molecule has 3 nitrogen and oxygen atoms in total. The average molecular weight is 427 g/mol. The Morgan fingerprint density at radius 2 is 1.88 bits per heavy atom. The van der Waals surface area contributed by atoms with Crippen molar-refractivity contribution in [3.8, 4) is 0 Å². The number of amides is 1. The maximum absolute atomic E-state index is 11.8. The van der Waals surface area contributed by atoms with Gasteiger partial charge < -0.3 is 10.6 Å². The molecule has 2 rings (SSSR count). The highest BCUT2D eigenvalue weighted by Crippen LogP contribution is 2.34. The maximum atomic E-state index is 11.8. The Morgan fingerprint density at radius 3 is 2.35 bits per heavy atom. The molecular formula is C11H11Br3N2O. The molecule has 6 heteroatoms. The maximum Gasteiger partial charge on any atom is 0.224 e. The molecule has 1 aromatic carbocycles. The highest BCUT2D eigenvalue weighted by molar-refractivity contribution is 9.11. The zero-order chi connectivity index (χ0) is 12.4. The number of hydrogen-bond donors (Lipinski definition) is 2. The fourth-order valence-electron chi connectivity index (χ4n) is 1.61. The second-order valence-electron chi connectivity index (χ2n) is 4.02.